The molecule has 1 amide bonds. The highest BCUT2D eigenvalue weighted by Gasteiger charge is 2.38. The van der Waals surface area contributed by atoms with Crippen LogP contribution in [0.15, 0.2) is 90.1 Å². The van der Waals surface area contributed by atoms with Gasteiger partial charge in [0.2, 0.25) is 11.1 Å². The molecule has 3 aromatic carbocycles. The topological polar surface area (TPSA) is 81.1 Å². The Labute approximate surface area is 196 Å². The summed E-state index contributed by atoms with van der Waals surface area (Å²) >= 11 is 1.39. The Hall–Kier alpha value is -3.78. The van der Waals surface area contributed by atoms with Gasteiger partial charge in [-0.15, -0.1) is 10.2 Å². The van der Waals surface area contributed by atoms with E-state index in [4.69, 9.17) is 4.74 Å². The number of ether oxygens (including phenoxy) is 1. The minimum absolute atomic E-state index is 0.0908. The molecule has 33 heavy (non-hydrogen) atoms. The number of aryl methyl sites for hydroxylation is 1. The van der Waals surface area contributed by atoms with E-state index >= 15 is 0 Å². The fourth-order valence-corrected chi connectivity index (χ4v) is 4.78. The van der Waals surface area contributed by atoms with Crippen LogP contribution in [-0.2, 0) is 11.4 Å². The van der Waals surface area contributed by atoms with E-state index in [1.807, 2.05) is 96.5 Å². The molecular formula is C25H23N5O2S. The second kappa shape index (κ2) is 9.38. The van der Waals surface area contributed by atoms with Gasteiger partial charge in [-0.2, -0.15) is 0 Å². The van der Waals surface area contributed by atoms with Gasteiger partial charge < -0.3 is 15.5 Å². The van der Waals surface area contributed by atoms with E-state index in [0.717, 1.165) is 22.6 Å². The van der Waals surface area contributed by atoms with Crippen LogP contribution in [0.25, 0.3) is 0 Å². The van der Waals surface area contributed by atoms with Gasteiger partial charge in [0.05, 0.1) is 6.04 Å². The second-order valence-corrected chi connectivity index (χ2v) is 8.80. The van der Waals surface area contributed by atoms with Crippen molar-refractivity contribution in [1.82, 2.24) is 14.9 Å². The molecule has 166 valence electrons. The summed E-state index contributed by atoms with van der Waals surface area (Å²) in [5.41, 5.74) is 6.28. The van der Waals surface area contributed by atoms with E-state index in [0.29, 0.717) is 11.0 Å². The minimum Gasteiger partial charge on any atom is -0.486 e. The monoisotopic (exact) mass is 457 g/mol. The summed E-state index contributed by atoms with van der Waals surface area (Å²) in [5.74, 6) is 1.31. The van der Waals surface area contributed by atoms with Crippen LogP contribution >= 0.6 is 11.8 Å². The van der Waals surface area contributed by atoms with Gasteiger partial charge in [-0.3, -0.25) is 4.79 Å². The average Bonchev–Trinajstić information content (AvgIpc) is 3.26. The summed E-state index contributed by atoms with van der Waals surface area (Å²) in [6, 6.07) is 27.0. The number of para-hydroxylation sites is 2. The number of benzene rings is 3. The van der Waals surface area contributed by atoms with Gasteiger partial charge in [-0.1, -0.05) is 78.5 Å². The third-order valence-corrected chi connectivity index (χ3v) is 6.65. The van der Waals surface area contributed by atoms with Gasteiger partial charge in [0.1, 0.15) is 17.6 Å². The quantitative estimate of drug-likeness (QED) is 0.442. The molecule has 1 aromatic heterocycles. The Bertz CT molecular complexity index is 1250. The third kappa shape index (κ3) is 4.56. The number of thioether (sulfide) groups is 1. The lowest BCUT2D eigenvalue weighted by Crippen LogP contribution is -2.41. The van der Waals surface area contributed by atoms with Crippen molar-refractivity contribution in [3.63, 3.8) is 0 Å². The zero-order chi connectivity index (χ0) is 22.6. The Morgan fingerprint density at radius 1 is 1.00 bits per heavy atom. The number of anilines is 1. The molecule has 0 aliphatic carbocycles. The van der Waals surface area contributed by atoms with Crippen molar-refractivity contribution in [1.29, 1.82) is 0 Å². The number of rotatable bonds is 6. The molecule has 1 aliphatic rings. The van der Waals surface area contributed by atoms with Crippen molar-refractivity contribution < 1.29 is 9.53 Å². The average molecular weight is 458 g/mol. The molecule has 5 rings (SSSR count). The maximum atomic E-state index is 13.4. The zero-order valence-corrected chi connectivity index (χ0v) is 18.8. The Morgan fingerprint density at radius 3 is 2.45 bits per heavy atom. The summed E-state index contributed by atoms with van der Waals surface area (Å²) in [6.45, 7) is 2.23. The number of aromatic nitrogens is 3. The van der Waals surface area contributed by atoms with Crippen LogP contribution in [0, 0.1) is 6.92 Å². The van der Waals surface area contributed by atoms with Crippen molar-refractivity contribution in [2.45, 2.75) is 30.0 Å². The maximum absolute atomic E-state index is 13.4. The molecule has 0 spiro atoms. The van der Waals surface area contributed by atoms with Crippen molar-refractivity contribution in [3.8, 4) is 5.75 Å². The largest absolute Gasteiger partial charge is 0.486 e. The van der Waals surface area contributed by atoms with Crippen molar-refractivity contribution in [2.24, 2.45) is 0 Å². The molecule has 0 saturated carbocycles. The van der Waals surface area contributed by atoms with Crippen LogP contribution in [0.3, 0.4) is 0 Å². The van der Waals surface area contributed by atoms with E-state index in [9.17, 15) is 4.79 Å². The lowest BCUT2D eigenvalue weighted by atomic mass is 10.0. The number of carbonyl (C=O) groups excluding carboxylic acids is 1. The van der Waals surface area contributed by atoms with Gasteiger partial charge in [0.25, 0.3) is 0 Å². The molecule has 0 saturated heterocycles. The van der Waals surface area contributed by atoms with Crippen molar-refractivity contribution in [3.05, 3.63) is 102 Å². The molecule has 4 aromatic rings. The maximum Gasteiger partial charge on any atom is 0.240 e. The van der Waals surface area contributed by atoms with Gasteiger partial charge >= 0.3 is 0 Å². The Morgan fingerprint density at radius 2 is 1.70 bits per heavy atom. The Balaban J connectivity index is 1.41. The molecule has 0 fully saturated rings. The number of fused-ring (bicyclic) bond motifs is 1. The lowest BCUT2D eigenvalue weighted by molar-refractivity contribution is -0.116. The number of nitrogens with zero attached hydrogens (tertiary/aromatic N) is 3. The second-order valence-electron chi connectivity index (χ2n) is 7.70. The van der Waals surface area contributed by atoms with Crippen LogP contribution in [0.5, 0.6) is 5.75 Å². The highest BCUT2D eigenvalue weighted by Crippen LogP contribution is 2.37. The first kappa shape index (κ1) is 21.1. The van der Waals surface area contributed by atoms with Gasteiger partial charge in [0.15, 0.2) is 5.82 Å². The predicted octanol–water partition coefficient (Wildman–Crippen LogP) is 4.56. The molecule has 2 heterocycles. The van der Waals surface area contributed by atoms with Gasteiger partial charge in [-0.25, -0.2) is 4.68 Å². The van der Waals surface area contributed by atoms with Crippen LogP contribution in [-0.4, -0.2) is 26.0 Å². The molecule has 0 unspecified atom stereocenters. The summed E-state index contributed by atoms with van der Waals surface area (Å²) < 4.78 is 7.69. The molecule has 0 bridgehead atoms. The highest BCUT2D eigenvalue weighted by molar-refractivity contribution is 8.00. The van der Waals surface area contributed by atoms with Crippen molar-refractivity contribution >= 4 is 23.4 Å². The van der Waals surface area contributed by atoms with E-state index in [-0.39, 0.29) is 18.6 Å². The zero-order valence-electron chi connectivity index (χ0n) is 18.0. The van der Waals surface area contributed by atoms with Crippen molar-refractivity contribution in [2.75, 3.05) is 10.7 Å². The van der Waals surface area contributed by atoms with Crippen LogP contribution in [0.4, 0.5) is 5.69 Å². The lowest BCUT2D eigenvalue weighted by Gasteiger charge is -2.33. The number of carbonyl (C=O) groups is 1. The normalized spacial score (nSPS) is 17.0. The van der Waals surface area contributed by atoms with Crippen LogP contribution < -0.4 is 15.5 Å². The predicted molar refractivity (Wildman–Crippen MR) is 129 cm³/mol. The first-order valence-corrected chi connectivity index (χ1v) is 11.5. The number of hydrogen-bond donors (Lipinski definition) is 2. The molecule has 7 nitrogen and oxygen atoms in total. The molecule has 1 aliphatic heterocycles. The molecule has 8 heteroatoms. The van der Waals surface area contributed by atoms with E-state index in [2.05, 4.69) is 20.9 Å². The SMILES string of the molecule is Cc1ccccc1NC(=O)[C@H]1Sc2nnc(COc3ccccc3)n2N[C@H]1c1ccccc1. The summed E-state index contributed by atoms with van der Waals surface area (Å²) in [6.07, 6.45) is 0. The fraction of sp³-hybridized carbons (Fsp3) is 0.160. The summed E-state index contributed by atoms with van der Waals surface area (Å²) in [4.78, 5) is 13.4. The van der Waals surface area contributed by atoms with Gasteiger partial charge in [-0.05, 0) is 36.2 Å². The van der Waals surface area contributed by atoms with Crippen LogP contribution in [0.1, 0.15) is 23.0 Å². The number of hydrogen-bond acceptors (Lipinski definition) is 6. The number of amides is 1. The van der Waals surface area contributed by atoms with E-state index < -0.39 is 5.25 Å². The van der Waals surface area contributed by atoms with E-state index in [1.165, 1.54) is 11.8 Å². The first-order valence-electron chi connectivity index (χ1n) is 10.7. The highest BCUT2D eigenvalue weighted by atomic mass is 32.2. The van der Waals surface area contributed by atoms with Crippen LogP contribution in [0.2, 0.25) is 0 Å². The molecule has 2 N–H and O–H groups in total. The minimum atomic E-state index is -0.438. The molecule has 0 radical (unpaired) electrons. The summed E-state index contributed by atoms with van der Waals surface area (Å²) in [5, 5.41) is 11.9. The molecular weight excluding hydrogens is 434 g/mol. The first-order chi connectivity index (χ1) is 16.2. The molecule has 2 atom stereocenters. The standard InChI is InChI=1S/C25H23N5O2S/c1-17-10-8-9-15-20(17)26-24(31)23-22(18-11-4-2-5-12-18)29-30-21(27-28-25(30)33-23)16-32-19-13-6-3-7-14-19/h2-15,22-23,29H,16H2,1H3,(H,26,31)/t22-,23-/m0/s1. The fourth-order valence-electron chi connectivity index (χ4n) is 3.68. The third-order valence-electron chi connectivity index (χ3n) is 5.43. The Kier molecular flexibility index (Phi) is 5.99. The van der Waals surface area contributed by atoms with Gasteiger partial charge in [0, 0.05) is 5.69 Å². The van der Waals surface area contributed by atoms with E-state index in [1.54, 1.807) is 0 Å². The number of nitrogens with one attached hydrogen (secondary N) is 2. The smallest absolute Gasteiger partial charge is 0.240 e. The summed E-state index contributed by atoms with van der Waals surface area (Å²) in [7, 11) is 0.